The van der Waals surface area contributed by atoms with Gasteiger partial charge in [-0.15, -0.1) is 5.73 Å². The van der Waals surface area contributed by atoms with Gasteiger partial charge in [-0.2, -0.15) is 5.10 Å². The zero-order valence-electron chi connectivity index (χ0n) is 15.4. The second-order valence-electron chi connectivity index (χ2n) is 7.36. The molecule has 2 aromatic rings. The molecule has 2 atom stereocenters. The summed E-state index contributed by atoms with van der Waals surface area (Å²) in [6.45, 7) is 0.534. The molecule has 28 heavy (non-hydrogen) atoms. The van der Waals surface area contributed by atoms with E-state index in [0.717, 1.165) is 38.7 Å². The second kappa shape index (κ2) is 6.55. The molecule has 2 heterocycles. The minimum atomic E-state index is -0.178. The zero-order chi connectivity index (χ0) is 19.3. The van der Waals surface area contributed by atoms with Gasteiger partial charge in [-0.25, -0.2) is 4.79 Å². The topological polar surface area (TPSA) is 59.0 Å². The summed E-state index contributed by atoms with van der Waals surface area (Å²) in [4.78, 5) is 11.7. The van der Waals surface area contributed by atoms with Crippen molar-refractivity contribution in [3.05, 3.63) is 81.8 Å². The van der Waals surface area contributed by atoms with E-state index >= 15 is 0 Å². The van der Waals surface area contributed by atoms with Crippen LogP contribution in [0.3, 0.4) is 0 Å². The van der Waals surface area contributed by atoms with Crippen molar-refractivity contribution >= 4 is 28.9 Å². The molecule has 0 saturated heterocycles. The van der Waals surface area contributed by atoms with Crippen LogP contribution >= 0.6 is 11.6 Å². The molecular formula is C22H19ClN4O. The molecule has 5 nitrogen and oxygen atoms in total. The molecule has 2 amide bonds. The number of carbonyl (C=O) groups is 1. The monoisotopic (exact) mass is 390 g/mol. The lowest BCUT2D eigenvalue weighted by Crippen LogP contribution is -2.33. The molecule has 1 aromatic heterocycles. The molecule has 0 spiro atoms. The number of hydrogen-bond donors (Lipinski definition) is 2. The molecule has 1 aromatic carbocycles. The molecule has 0 bridgehead atoms. The maximum Gasteiger partial charge on any atom is 0.319 e. The number of anilines is 1. The Morgan fingerprint density at radius 3 is 3.04 bits per heavy atom. The SMILES string of the molecule is Cn1ccc(CC2=C(Cl)C(c3ccc4c(c3)NC(=O)NC4)=CC3C=C=C[C@H]23)n1. The van der Waals surface area contributed by atoms with Gasteiger partial charge in [-0.3, -0.25) is 4.68 Å². The van der Waals surface area contributed by atoms with Gasteiger partial charge >= 0.3 is 6.03 Å². The number of carbonyl (C=O) groups excluding carboxylic acids is 1. The Hall–Kier alpha value is -3.01. The van der Waals surface area contributed by atoms with Crippen LogP contribution in [0, 0.1) is 11.8 Å². The van der Waals surface area contributed by atoms with Crippen molar-refractivity contribution in [1.82, 2.24) is 15.1 Å². The molecule has 1 aliphatic heterocycles. The second-order valence-corrected chi connectivity index (χ2v) is 7.74. The highest BCUT2D eigenvalue weighted by Crippen LogP contribution is 2.44. The molecule has 2 N–H and O–H groups in total. The third-order valence-electron chi connectivity index (χ3n) is 5.51. The summed E-state index contributed by atoms with van der Waals surface area (Å²) in [7, 11) is 1.92. The van der Waals surface area contributed by atoms with Crippen molar-refractivity contribution < 1.29 is 4.79 Å². The summed E-state index contributed by atoms with van der Waals surface area (Å²) >= 11 is 6.93. The summed E-state index contributed by atoms with van der Waals surface area (Å²) in [5.41, 5.74) is 9.31. The lowest BCUT2D eigenvalue weighted by molar-refractivity contribution is 0.251. The van der Waals surface area contributed by atoms with Gasteiger partial charge in [0.25, 0.3) is 0 Å². The smallest absolute Gasteiger partial charge is 0.319 e. The molecule has 140 valence electrons. The lowest BCUT2D eigenvalue weighted by atomic mass is 9.78. The number of nitrogens with one attached hydrogen (secondary N) is 2. The number of hydrogen-bond acceptors (Lipinski definition) is 2. The summed E-state index contributed by atoms with van der Waals surface area (Å²) < 4.78 is 1.81. The third kappa shape index (κ3) is 2.89. The van der Waals surface area contributed by atoms with Crippen LogP contribution in [0.5, 0.6) is 0 Å². The van der Waals surface area contributed by atoms with Crippen LogP contribution in [0.1, 0.15) is 16.8 Å². The largest absolute Gasteiger partial charge is 0.334 e. The van der Waals surface area contributed by atoms with E-state index in [1.807, 2.05) is 36.1 Å². The van der Waals surface area contributed by atoms with Crippen LogP contribution in [0.2, 0.25) is 0 Å². The Kier molecular flexibility index (Phi) is 4.00. The molecule has 6 heteroatoms. The van der Waals surface area contributed by atoms with Crippen molar-refractivity contribution in [2.45, 2.75) is 13.0 Å². The number of aryl methyl sites for hydroxylation is 1. The summed E-state index contributed by atoms with van der Waals surface area (Å²) in [6.07, 6.45) is 9.05. The number of rotatable bonds is 3. The molecular weight excluding hydrogens is 372 g/mol. The van der Waals surface area contributed by atoms with Gasteiger partial charge in [-0.05, 0) is 46.6 Å². The Bertz CT molecular complexity index is 1120. The molecule has 0 saturated carbocycles. The fraction of sp³-hybridized carbons (Fsp3) is 0.227. The molecule has 1 unspecified atom stereocenters. The number of halogens is 1. The van der Waals surface area contributed by atoms with E-state index in [9.17, 15) is 4.79 Å². The highest BCUT2D eigenvalue weighted by molar-refractivity contribution is 6.37. The molecule has 0 fully saturated rings. The zero-order valence-corrected chi connectivity index (χ0v) is 16.1. The number of fused-ring (bicyclic) bond motifs is 2. The molecule has 5 rings (SSSR count). The van der Waals surface area contributed by atoms with Crippen LogP contribution in [-0.2, 0) is 20.0 Å². The van der Waals surface area contributed by atoms with Gasteiger partial charge < -0.3 is 10.6 Å². The summed E-state index contributed by atoms with van der Waals surface area (Å²) in [5.74, 6) is 0.461. The Balaban J connectivity index is 1.56. The van der Waals surface area contributed by atoms with Crippen LogP contribution in [0.15, 0.2) is 65.0 Å². The van der Waals surface area contributed by atoms with Gasteiger partial charge in [0.2, 0.25) is 0 Å². The van der Waals surface area contributed by atoms with E-state index in [0.29, 0.717) is 13.0 Å². The van der Waals surface area contributed by atoms with Gasteiger partial charge in [0.05, 0.1) is 5.69 Å². The van der Waals surface area contributed by atoms with E-state index in [1.165, 1.54) is 0 Å². The third-order valence-corrected chi connectivity index (χ3v) is 5.95. The number of benzene rings is 1. The molecule has 2 aliphatic carbocycles. The van der Waals surface area contributed by atoms with Crippen LogP contribution in [-0.4, -0.2) is 15.8 Å². The van der Waals surface area contributed by atoms with Crippen molar-refractivity contribution in [2.75, 3.05) is 5.32 Å². The first-order chi connectivity index (χ1) is 13.6. The van der Waals surface area contributed by atoms with Crippen molar-refractivity contribution in [2.24, 2.45) is 18.9 Å². The molecule has 0 radical (unpaired) electrons. The Morgan fingerprint density at radius 1 is 1.32 bits per heavy atom. The highest BCUT2D eigenvalue weighted by atomic mass is 35.5. The average Bonchev–Trinajstić information content (AvgIpc) is 3.31. The number of nitrogens with zero attached hydrogens (tertiary/aromatic N) is 2. The van der Waals surface area contributed by atoms with E-state index in [2.05, 4.69) is 45.8 Å². The normalized spacial score (nSPS) is 22.5. The van der Waals surface area contributed by atoms with Gasteiger partial charge in [0, 0.05) is 48.8 Å². The first-order valence-corrected chi connectivity index (χ1v) is 9.66. The first-order valence-electron chi connectivity index (χ1n) is 9.28. The first kappa shape index (κ1) is 17.1. The molecule has 3 aliphatic rings. The quantitative estimate of drug-likeness (QED) is 0.773. The van der Waals surface area contributed by atoms with Crippen LogP contribution in [0.4, 0.5) is 10.5 Å². The van der Waals surface area contributed by atoms with E-state index in [-0.39, 0.29) is 17.9 Å². The minimum Gasteiger partial charge on any atom is -0.334 e. The fourth-order valence-corrected chi connectivity index (χ4v) is 4.45. The summed E-state index contributed by atoms with van der Waals surface area (Å²) in [6, 6.07) is 7.96. The van der Waals surface area contributed by atoms with Crippen molar-refractivity contribution in [3.8, 4) is 0 Å². The van der Waals surface area contributed by atoms with E-state index in [4.69, 9.17) is 11.6 Å². The van der Waals surface area contributed by atoms with Gasteiger partial charge in [0.1, 0.15) is 0 Å². The summed E-state index contributed by atoms with van der Waals surface area (Å²) in [5, 5.41) is 11.0. The van der Waals surface area contributed by atoms with Gasteiger partial charge in [-0.1, -0.05) is 29.8 Å². The van der Waals surface area contributed by atoms with Crippen molar-refractivity contribution in [1.29, 1.82) is 0 Å². The predicted octanol–water partition coefficient (Wildman–Crippen LogP) is 4.15. The maximum atomic E-state index is 11.7. The number of amides is 2. The fourth-order valence-electron chi connectivity index (χ4n) is 4.08. The van der Waals surface area contributed by atoms with Crippen LogP contribution in [0.25, 0.3) is 5.57 Å². The number of urea groups is 1. The average molecular weight is 391 g/mol. The standard InChI is InChI=1S/C22H19ClN4O/c1-27-8-7-16(26-27)11-19-17-4-2-3-13(17)9-18(21(19)23)14-5-6-15-12-24-22(28)25-20(15)10-14/h3-10,13,17H,11-12H2,1H3,(H2,24,25,28)/t13?,17-/m0/s1. The Morgan fingerprint density at radius 2 is 2.21 bits per heavy atom. The van der Waals surface area contributed by atoms with Crippen LogP contribution < -0.4 is 10.6 Å². The van der Waals surface area contributed by atoms with Crippen molar-refractivity contribution in [3.63, 3.8) is 0 Å². The van der Waals surface area contributed by atoms with E-state index in [1.54, 1.807) is 0 Å². The maximum absolute atomic E-state index is 11.7. The van der Waals surface area contributed by atoms with Gasteiger partial charge in [0.15, 0.2) is 0 Å². The highest BCUT2D eigenvalue weighted by Gasteiger charge is 2.31. The number of allylic oxidation sites excluding steroid dienone is 5. The van der Waals surface area contributed by atoms with E-state index < -0.39 is 0 Å². The number of aromatic nitrogens is 2. The predicted molar refractivity (Wildman–Crippen MR) is 110 cm³/mol. The lowest BCUT2D eigenvalue weighted by Gasteiger charge is -2.28. The minimum absolute atomic E-state index is 0.178. The Labute approximate surface area is 168 Å².